The lowest BCUT2D eigenvalue weighted by molar-refractivity contribution is 0.163. The lowest BCUT2D eigenvalue weighted by atomic mass is 9.95. The summed E-state index contributed by atoms with van der Waals surface area (Å²) in [7, 11) is 0. The van der Waals surface area contributed by atoms with Crippen LogP contribution in [0.25, 0.3) is 0 Å². The van der Waals surface area contributed by atoms with Crippen molar-refractivity contribution < 1.29 is 0 Å². The summed E-state index contributed by atoms with van der Waals surface area (Å²) in [5.41, 5.74) is 3.61. The number of nitrogens with zero attached hydrogens (tertiary/aromatic N) is 5. The van der Waals surface area contributed by atoms with Crippen LogP contribution in [0, 0.1) is 5.92 Å². The van der Waals surface area contributed by atoms with Gasteiger partial charge in [0, 0.05) is 25.4 Å². The van der Waals surface area contributed by atoms with Crippen LogP contribution in [0.1, 0.15) is 42.5 Å². The minimum Gasteiger partial charge on any atom is -0.299 e. The van der Waals surface area contributed by atoms with E-state index in [4.69, 9.17) is 0 Å². The van der Waals surface area contributed by atoms with E-state index in [1.165, 1.54) is 24.0 Å². The maximum absolute atomic E-state index is 12.3. The van der Waals surface area contributed by atoms with Crippen molar-refractivity contribution in [1.29, 1.82) is 0 Å². The molecule has 2 aromatic rings. The predicted octanol–water partition coefficient (Wildman–Crippen LogP) is 1.82. The average molecular weight is 339 g/mol. The van der Waals surface area contributed by atoms with Crippen molar-refractivity contribution in [3.63, 3.8) is 0 Å². The van der Waals surface area contributed by atoms with Gasteiger partial charge in [0.1, 0.15) is 0 Å². The molecule has 0 bridgehead atoms. The highest BCUT2D eigenvalue weighted by Crippen LogP contribution is 2.21. The number of rotatable bonds is 4. The van der Waals surface area contributed by atoms with Gasteiger partial charge in [0.25, 0.3) is 5.56 Å². The second-order valence-corrected chi connectivity index (χ2v) is 7.31. The van der Waals surface area contributed by atoms with Crippen LogP contribution in [0.4, 0.5) is 0 Å². The number of hydrogen-bond donors (Lipinski definition) is 0. The summed E-state index contributed by atoms with van der Waals surface area (Å²) >= 11 is 0. The fourth-order valence-electron chi connectivity index (χ4n) is 3.97. The Kier molecular flexibility index (Phi) is 4.88. The summed E-state index contributed by atoms with van der Waals surface area (Å²) in [6.45, 7) is 3.81. The second kappa shape index (κ2) is 7.44. The highest BCUT2D eigenvalue weighted by molar-refractivity contribution is 5.20. The molecule has 0 aromatic carbocycles. The Labute approximate surface area is 147 Å². The van der Waals surface area contributed by atoms with Crippen molar-refractivity contribution in [3.05, 3.63) is 51.7 Å². The molecule has 0 N–H and O–H groups in total. The van der Waals surface area contributed by atoms with E-state index in [0.717, 1.165) is 57.6 Å². The molecule has 0 amide bonds. The third-order valence-corrected chi connectivity index (χ3v) is 5.46. The zero-order chi connectivity index (χ0) is 17.1. The first-order valence-electron chi connectivity index (χ1n) is 9.36. The highest BCUT2D eigenvalue weighted by Gasteiger charge is 2.21. The molecular formula is C19H25N5O. The van der Waals surface area contributed by atoms with Crippen LogP contribution >= 0.6 is 0 Å². The Hall–Kier alpha value is -2.08. The fraction of sp³-hybridized carbons (Fsp3) is 0.579. The number of aryl methyl sites for hydroxylation is 2. The van der Waals surface area contributed by atoms with Crippen LogP contribution in [0.3, 0.4) is 0 Å². The molecule has 1 saturated heterocycles. The van der Waals surface area contributed by atoms with Gasteiger partial charge in [-0.3, -0.25) is 9.69 Å². The molecule has 1 fully saturated rings. The van der Waals surface area contributed by atoms with E-state index < -0.39 is 0 Å². The molecule has 0 spiro atoms. The molecule has 132 valence electrons. The number of piperidine rings is 1. The van der Waals surface area contributed by atoms with Gasteiger partial charge in [-0.25, -0.2) is 4.68 Å². The lowest BCUT2D eigenvalue weighted by Gasteiger charge is -2.32. The molecule has 0 atom stereocenters. The normalized spacial score (nSPS) is 18.9. The van der Waals surface area contributed by atoms with Crippen molar-refractivity contribution in [1.82, 2.24) is 24.9 Å². The number of fused-ring (bicyclic) bond motifs is 1. The van der Waals surface area contributed by atoms with E-state index in [-0.39, 0.29) is 5.56 Å². The van der Waals surface area contributed by atoms with Crippen molar-refractivity contribution in [2.75, 3.05) is 13.1 Å². The van der Waals surface area contributed by atoms with Crippen LogP contribution in [0.15, 0.2) is 29.3 Å². The number of hydrogen-bond acceptors (Lipinski definition) is 5. The molecule has 25 heavy (non-hydrogen) atoms. The van der Waals surface area contributed by atoms with Gasteiger partial charge >= 0.3 is 0 Å². The summed E-state index contributed by atoms with van der Waals surface area (Å²) in [6.07, 6.45) is 10.2. The van der Waals surface area contributed by atoms with Crippen molar-refractivity contribution >= 4 is 0 Å². The summed E-state index contributed by atoms with van der Waals surface area (Å²) in [5, 5.41) is 12.4. The zero-order valence-corrected chi connectivity index (χ0v) is 14.6. The maximum Gasteiger partial charge on any atom is 0.267 e. The first-order chi connectivity index (χ1) is 12.3. The topological polar surface area (TPSA) is 63.9 Å². The molecule has 0 saturated carbocycles. The summed E-state index contributed by atoms with van der Waals surface area (Å²) in [5.74, 6) is 0.540. The van der Waals surface area contributed by atoms with Gasteiger partial charge in [-0.1, -0.05) is 0 Å². The predicted molar refractivity (Wildman–Crippen MR) is 95.2 cm³/mol. The summed E-state index contributed by atoms with van der Waals surface area (Å²) < 4.78 is 1.72. The fourth-order valence-corrected chi connectivity index (χ4v) is 3.97. The first-order valence-corrected chi connectivity index (χ1v) is 9.36. The SMILES string of the molecule is O=c1cc2c(nn1CC1CCN(Cc3ccnnc3)CC1)CCCC2. The molecular weight excluding hydrogens is 314 g/mol. The third-order valence-electron chi connectivity index (χ3n) is 5.46. The van der Waals surface area contributed by atoms with Gasteiger partial charge < -0.3 is 0 Å². The van der Waals surface area contributed by atoms with E-state index in [0.29, 0.717) is 5.92 Å². The van der Waals surface area contributed by atoms with E-state index in [2.05, 4.69) is 20.2 Å². The standard InChI is InChI=1S/C19H25N5O/c25-19-11-17-3-1-2-4-18(17)22-24(19)14-15-6-9-23(10-7-15)13-16-5-8-20-21-12-16/h5,8,11-12,15H,1-4,6-7,9-10,13-14H2. The third kappa shape index (κ3) is 3.95. The Morgan fingerprint density at radius 3 is 2.76 bits per heavy atom. The van der Waals surface area contributed by atoms with Gasteiger partial charge in [0.2, 0.25) is 0 Å². The van der Waals surface area contributed by atoms with Gasteiger partial charge in [-0.15, -0.1) is 0 Å². The van der Waals surface area contributed by atoms with Crippen LogP contribution < -0.4 is 5.56 Å². The highest BCUT2D eigenvalue weighted by atomic mass is 16.1. The smallest absolute Gasteiger partial charge is 0.267 e. The molecule has 0 unspecified atom stereocenters. The average Bonchev–Trinajstić information content (AvgIpc) is 2.65. The van der Waals surface area contributed by atoms with Crippen LogP contribution in [0.5, 0.6) is 0 Å². The van der Waals surface area contributed by atoms with Crippen LogP contribution in [0.2, 0.25) is 0 Å². The summed E-state index contributed by atoms with van der Waals surface area (Å²) in [4.78, 5) is 14.8. The Bertz CT molecular complexity index is 765. The van der Waals surface area contributed by atoms with Crippen molar-refractivity contribution in [2.24, 2.45) is 5.92 Å². The molecule has 4 rings (SSSR count). The van der Waals surface area contributed by atoms with E-state index >= 15 is 0 Å². The van der Waals surface area contributed by atoms with Gasteiger partial charge in [-0.2, -0.15) is 15.3 Å². The molecule has 2 aromatic heterocycles. The lowest BCUT2D eigenvalue weighted by Crippen LogP contribution is -2.37. The van der Waals surface area contributed by atoms with Gasteiger partial charge in [-0.05, 0) is 74.7 Å². The first kappa shape index (κ1) is 16.4. The summed E-state index contributed by atoms with van der Waals surface area (Å²) in [6, 6.07) is 3.85. The van der Waals surface area contributed by atoms with E-state index in [9.17, 15) is 4.79 Å². The van der Waals surface area contributed by atoms with E-state index in [1.54, 1.807) is 10.9 Å². The number of aromatic nitrogens is 4. The molecule has 1 aliphatic heterocycles. The zero-order valence-electron chi connectivity index (χ0n) is 14.6. The van der Waals surface area contributed by atoms with Crippen LogP contribution in [-0.2, 0) is 25.9 Å². The minimum absolute atomic E-state index is 0.0749. The van der Waals surface area contributed by atoms with Crippen molar-refractivity contribution in [2.45, 2.75) is 51.6 Å². The molecule has 6 nitrogen and oxygen atoms in total. The monoisotopic (exact) mass is 339 g/mol. The van der Waals surface area contributed by atoms with Crippen molar-refractivity contribution in [3.8, 4) is 0 Å². The van der Waals surface area contributed by atoms with Gasteiger partial charge in [0.15, 0.2) is 0 Å². The van der Waals surface area contributed by atoms with Crippen LogP contribution in [-0.4, -0.2) is 38.0 Å². The minimum atomic E-state index is 0.0749. The largest absolute Gasteiger partial charge is 0.299 e. The quantitative estimate of drug-likeness (QED) is 0.850. The Balaban J connectivity index is 1.35. The molecule has 1 aliphatic carbocycles. The molecule has 6 heteroatoms. The number of likely N-dealkylation sites (tertiary alicyclic amines) is 1. The van der Waals surface area contributed by atoms with Gasteiger partial charge in [0.05, 0.1) is 11.9 Å². The second-order valence-electron chi connectivity index (χ2n) is 7.31. The molecule has 3 heterocycles. The maximum atomic E-state index is 12.3. The Morgan fingerprint density at radius 2 is 1.96 bits per heavy atom. The molecule has 2 aliphatic rings. The Morgan fingerprint density at radius 1 is 1.12 bits per heavy atom. The molecule has 0 radical (unpaired) electrons. The van der Waals surface area contributed by atoms with E-state index in [1.807, 2.05) is 18.3 Å².